The number of hydrogen-bond donors (Lipinski definition) is 0. The van der Waals surface area contributed by atoms with Crippen molar-refractivity contribution in [1.82, 2.24) is 14.1 Å². The summed E-state index contributed by atoms with van der Waals surface area (Å²) in [6, 6.07) is 67.3. The summed E-state index contributed by atoms with van der Waals surface area (Å²) in [7, 11) is 0. The van der Waals surface area contributed by atoms with Gasteiger partial charge in [-0.15, -0.1) is 0 Å². The first kappa shape index (κ1) is 28.3. The molecular formula is C47H31N3. The van der Waals surface area contributed by atoms with Gasteiger partial charge in [0.1, 0.15) is 0 Å². The van der Waals surface area contributed by atoms with E-state index in [1.165, 1.54) is 44.1 Å². The highest BCUT2D eigenvalue weighted by Crippen LogP contribution is 2.39. The van der Waals surface area contributed by atoms with Gasteiger partial charge < -0.3 is 9.13 Å². The second-order valence-corrected chi connectivity index (χ2v) is 12.8. The molecule has 0 bridgehead atoms. The Morgan fingerprint density at radius 3 is 1.38 bits per heavy atom. The topological polar surface area (TPSA) is 22.8 Å². The summed E-state index contributed by atoms with van der Waals surface area (Å²) in [5.74, 6) is 0. The van der Waals surface area contributed by atoms with E-state index in [0.717, 1.165) is 44.6 Å². The first-order valence-electron chi connectivity index (χ1n) is 17.1. The van der Waals surface area contributed by atoms with Crippen LogP contribution in [-0.4, -0.2) is 14.1 Å². The molecule has 0 saturated carbocycles. The summed E-state index contributed by atoms with van der Waals surface area (Å²) < 4.78 is 4.78. The van der Waals surface area contributed by atoms with E-state index in [4.69, 9.17) is 4.98 Å². The molecule has 0 atom stereocenters. The lowest BCUT2D eigenvalue weighted by Gasteiger charge is -2.11. The minimum absolute atomic E-state index is 0.965. The highest BCUT2D eigenvalue weighted by atomic mass is 15.0. The third-order valence-electron chi connectivity index (χ3n) is 9.91. The number of benzene rings is 7. The number of pyridine rings is 1. The van der Waals surface area contributed by atoms with Crippen LogP contribution >= 0.6 is 0 Å². The van der Waals surface area contributed by atoms with Crippen LogP contribution in [0.1, 0.15) is 0 Å². The van der Waals surface area contributed by atoms with Crippen LogP contribution in [0.2, 0.25) is 0 Å². The van der Waals surface area contributed by atoms with Crippen molar-refractivity contribution < 1.29 is 0 Å². The fourth-order valence-electron chi connectivity index (χ4n) is 7.55. The Morgan fingerprint density at radius 2 is 0.800 bits per heavy atom. The summed E-state index contributed by atoms with van der Waals surface area (Å²) in [6.07, 6.45) is 0. The van der Waals surface area contributed by atoms with E-state index in [1.807, 2.05) is 6.07 Å². The lowest BCUT2D eigenvalue weighted by Crippen LogP contribution is -1.96. The third-order valence-corrected chi connectivity index (χ3v) is 9.91. The van der Waals surface area contributed by atoms with Gasteiger partial charge >= 0.3 is 0 Å². The molecule has 0 spiro atoms. The lowest BCUT2D eigenvalue weighted by atomic mass is 10.0. The molecule has 10 rings (SSSR count). The molecule has 0 unspecified atom stereocenters. The van der Waals surface area contributed by atoms with Gasteiger partial charge in [-0.3, -0.25) is 0 Å². The Balaban J connectivity index is 1.28. The van der Waals surface area contributed by atoms with Crippen molar-refractivity contribution in [3.05, 3.63) is 188 Å². The molecule has 0 saturated heterocycles. The number of nitrogens with zero attached hydrogens (tertiary/aromatic N) is 3. The molecule has 0 aliphatic rings. The molecule has 0 fully saturated rings. The van der Waals surface area contributed by atoms with Crippen LogP contribution in [-0.2, 0) is 0 Å². The molecule has 10 aromatic rings. The molecule has 3 nitrogen and oxygen atoms in total. The average Bonchev–Trinajstić information content (AvgIpc) is 3.70. The Morgan fingerprint density at radius 1 is 0.300 bits per heavy atom. The Labute approximate surface area is 290 Å². The van der Waals surface area contributed by atoms with Crippen LogP contribution in [0.15, 0.2) is 188 Å². The average molecular weight is 638 g/mol. The fourth-order valence-corrected chi connectivity index (χ4v) is 7.55. The summed E-state index contributed by atoms with van der Waals surface area (Å²) in [6.45, 7) is 0. The molecule has 0 amide bonds. The highest BCUT2D eigenvalue weighted by Gasteiger charge is 2.19. The standard InChI is InChI=1S/C47H31N3/c1-5-13-32(14-6-1)35-21-24-39-40-25-22-36(33-15-7-2-8-16-33)30-46(40)50(45(39)29-35)38-23-27-43-41(31-38)47-44(49(43)37-19-11-4-12-20-37)28-26-42(48-47)34-17-9-3-10-18-34/h1-31H. The Kier molecular flexibility index (Phi) is 6.49. The van der Waals surface area contributed by atoms with E-state index < -0.39 is 0 Å². The second-order valence-electron chi connectivity index (χ2n) is 12.8. The van der Waals surface area contributed by atoms with E-state index in [-0.39, 0.29) is 0 Å². The smallest absolute Gasteiger partial charge is 0.0971 e. The van der Waals surface area contributed by atoms with Crippen molar-refractivity contribution in [3.63, 3.8) is 0 Å². The summed E-state index contributed by atoms with van der Waals surface area (Å²) in [5.41, 5.74) is 14.6. The van der Waals surface area contributed by atoms with E-state index in [9.17, 15) is 0 Å². The van der Waals surface area contributed by atoms with Crippen molar-refractivity contribution in [2.75, 3.05) is 0 Å². The fraction of sp³-hybridized carbons (Fsp3) is 0. The summed E-state index contributed by atoms with van der Waals surface area (Å²) in [4.78, 5) is 5.34. The Hall–Kier alpha value is -6.71. The Bertz CT molecular complexity index is 2730. The zero-order valence-electron chi connectivity index (χ0n) is 27.2. The van der Waals surface area contributed by atoms with E-state index in [2.05, 4.69) is 191 Å². The zero-order valence-corrected chi connectivity index (χ0v) is 27.2. The van der Waals surface area contributed by atoms with Gasteiger partial charge in [0.15, 0.2) is 0 Å². The minimum Gasteiger partial charge on any atom is -0.309 e. The van der Waals surface area contributed by atoms with Gasteiger partial charge in [0.25, 0.3) is 0 Å². The van der Waals surface area contributed by atoms with Crippen LogP contribution in [0.4, 0.5) is 0 Å². The van der Waals surface area contributed by atoms with Crippen LogP contribution in [0.3, 0.4) is 0 Å². The van der Waals surface area contributed by atoms with Crippen molar-refractivity contribution in [3.8, 4) is 44.9 Å². The minimum atomic E-state index is 0.965. The van der Waals surface area contributed by atoms with E-state index in [1.54, 1.807) is 0 Å². The van der Waals surface area contributed by atoms with Crippen LogP contribution in [0, 0.1) is 0 Å². The molecule has 234 valence electrons. The molecule has 3 heterocycles. The van der Waals surface area contributed by atoms with Crippen molar-refractivity contribution >= 4 is 43.7 Å². The molecule has 0 aliphatic carbocycles. The molecule has 0 aliphatic heterocycles. The van der Waals surface area contributed by atoms with E-state index in [0.29, 0.717) is 0 Å². The van der Waals surface area contributed by atoms with Crippen LogP contribution in [0.25, 0.3) is 88.6 Å². The number of aromatic nitrogens is 3. The zero-order chi connectivity index (χ0) is 33.0. The molecule has 50 heavy (non-hydrogen) atoms. The largest absolute Gasteiger partial charge is 0.309 e. The van der Waals surface area contributed by atoms with Gasteiger partial charge in [-0.2, -0.15) is 0 Å². The van der Waals surface area contributed by atoms with Gasteiger partial charge in [-0.1, -0.05) is 133 Å². The highest BCUT2D eigenvalue weighted by molar-refractivity contribution is 6.12. The van der Waals surface area contributed by atoms with Gasteiger partial charge in [-0.05, 0) is 76.9 Å². The first-order valence-corrected chi connectivity index (χ1v) is 17.1. The monoisotopic (exact) mass is 637 g/mol. The number of rotatable bonds is 5. The lowest BCUT2D eigenvalue weighted by molar-refractivity contribution is 1.16. The quantitative estimate of drug-likeness (QED) is 0.184. The van der Waals surface area contributed by atoms with Gasteiger partial charge in [0.05, 0.1) is 33.3 Å². The molecule has 0 N–H and O–H groups in total. The number of hydrogen-bond acceptors (Lipinski definition) is 1. The van der Waals surface area contributed by atoms with Crippen molar-refractivity contribution in [2.24, 2.45) is 0 Å². The number of para-hydroxylation sites is 1. The SMILES string of the molecule is c1ccc(-c2ccc3c4ccc(-c5ccccc5)cc4n(-c4ccc5c(c4)c4nc(-c6ccccc6)ccc4n5-c4ccccc4)c3c2)cc1. The molecule has 3 aromatic heterocycles. The maximum absolute atomic E-state index is 5.34. The van der Waals surface area contributed by atoms with Gasteiger partial charge in [-0.25, -0.2) is 4.98 Å². The van der Waals surface area contributed by atoms with Crippen molar-refractivity contribution in [1.29, 1.82) is 0 Å². The summed E-state index contributed by atoms with van der Waals surface area (Å²) in [5, 5.41) is 3.58. The van der Waals surface area contributed by atoms with Crippen LogP contribution in [0.5, 0.6) is 0 Å². The van der Waals surface area contributed by atoms with Crippen LogP contribution < -0.4 is 0 Å². The second kappa shape index (κ2) is 11.5. The first-order chi connectivity index (χ1) is 24.8. The normalized spacial score (nSPS) is 11.6. The molecule has 0 radical (unpaired) electrons. The predicted octanol–water partition coefficient (Wildman–Crippen LogP) is 12.3. The third kappa shape index (κ3) is 4.56. The summed E-state index contributed by atoms with van der Waals surface area (Å²) >= 11 is 0. The van der Waals surface area contributed by atoms with Crippen molar-refractivity contribution in [2.45, 2.75) is 0 Å². The maximum atomic E-state index is 5.34. The predicted molar refractivity (Wildman–Crippen MR) is 209 cm³/mol. The number of fused-ring (bicyclic) bond motifs is 6. The molecular weight excluding hydrogens is 607 g/mol. The van der Waals surface area contributed by atoms with Gasteiger partial charge in [0, 0.05) is 33.1 Å². The van der Waals surface area contributed by atoms with Gasteiger partial charge in [0.2, 0.25) is 0 Å². The molecule has 7 aromatic carbocycles. The maximum Gasteiger partial charge on any atom is 0.0971 e. The van der Waals surface area contributed by atoms with E-state index >= 15 is 0 Å². The molecule has 3 heteroatoms.